The molecule has 0 saturated carbocycles. The van der Waals surface area contributed by atoms with Gasteiger partial charge in [-0.25, -0.2) is 0 Å². The first-order valence-corrected chi connectivity index (χ1v) is 6.26. The van der Waals surface area contributed by atoms with Gasteiger partial charge in [-0.3, -0.25) is 4.79 Å². The van der Waals surface area contributed by atoms with Crippen LogP contribution in [0.3, 0.4) is 0 Å². The molecule has 0 aliphatic rings. The quantitative estimate of drug-likeness (QED) is 0.810. The molecule has 0 fully saturated rings. The van der Waals surface area contributed by atoms with Crippen molar-refractivity contribution in [3.05, 3.63) is 47.7 Å². The van der Waals surface area contributed by atoms with E-state index in [0.717, 1.165) is 11.1 Å². The maximum absolute atomic E-state index is 11.7. The molecule has 2 aromatic rings. The Bertz CT molecular complexity index is 560. The zero-order chi connectivity index (χ0) is 13.7. The lowest BCUT2D eigenvalue weighted by molar-refractivity contribution is 0.0924. The Labute approximate surface area is 112 Å². The fraction of sp³-hybridized carbons (Fsp3) is 0.267. The number of nitrogens with one attached hydrogen (secondary N) is 1. The first-order valence-electron chi connectivity index (χ1n) is 6.26. The van der Waals surface area contributed by atoms with Crippen molar-refractivity contribution in [2.45, 2.75) is 13.3 Å². The zero-order valence-electron chi connectivity index (χ0n) is 10.8. The van der Waals surface area contributed by atoms with Gasteiger partial charge in [0.2, 0.25) is 0 Å². The summed E-state index contributed by atoms with van der Waals surface area (Å²) >= 11 is 0. The lowest BCUT2D eigenvalue weighted by Gasteiger charge is -2.01. The summed E-state index contributed by atoms with van der Waals surface area (Å²) in [6, 6.07) is 11.4. The van der Waals surface area contributed by atoms with E-state index in [1.54, 1.807) is 12.1 Å². The minimum Gasteiger partial charge on any atom is -0.451 e. The maximum atomic E-state index is 11.7. The highest BCUT2D eigenvalue weighted by Gasteiger charge is 2.11. The van der Waals surface area contributed by atoms with Crippen molar-refractivity contribution in [3.63, 3.8) is 0 Å². The van der Waals surface area contributed by atoms with Gasteiger partial charge in [-0.05, 0) is 31.5 Å². The summed E-state index contributed by atoms with van der Waals surface area (Å²) in [7, 11) is 0. The molecule has 1 aromatic carbocycles. The minimum absolute atomic E-state index is 0.0625. The second-order valence-electron chi connectivity index (χ2n) is 4.37. The molecule has 0 spiro atoms. The van der Waals surface area contributed by atoms with E-state index >= 15 is 0 Å². The van der Waals surface area contributed by atoms with E-state index in [0.29, 0.717) is 18.7 Å². The summed E-state index contributed by atoms with van der Waals surface area (Å²) in [5.74, 6) is 0.706. The summed E-state index contributed by atoms with van der Waals surface area (Å²) in [5, 5.41) is 11.3. The van der Waals surface area contributed by atoms with Crippen LogP contribution in [0.5, 0.6) is 0 Å². The van der Waals surface area contributed by atoms with Gasteiger partial charge in [0.1, 0.15) is 5.76 Å². The van der Waals surface area contributed by atoms with E-state index in [1.165, 1.54) is 0 Å². The number of carbonyl (C=O) groups excluding carboxylic acids is 1. The molecule has 0 aliphatic carbocycles. The van der Waals surface area contributed by atoms with Gasteiger partial charge in [0.15, 0.2) is 5.76 Å². The Balaban J connectivity index is 2.08. The number of furan rings is 1. The number of rotatable bonds is 5. The Morgan fingerprint density at radius 3 is 2.89 bits per heavy atom. The highest BCUT2D eigenvalue weighted by molar-refractivity contribution is 5.92. The van der Waals surface area contributed by atoms with Gasteiger partial charge in [0, 0.05) is 18.7 Å². The summed E-state index contributed by atoms with van der Waals surface area (Å²) < 4.78 is 5.54. The van der Waals surface area contributed by atoms with Gasteiger partial charge in [0.25, 0.3) is 5.91 Å². The first-order chi connectivity index (χ1) is 9.20. The molecule has 0 saturated heterocycles. The lowest BCUT2D eigenvalue weighted by atomic mass is 10.1. The molecule has 0 unspecified atom stereocenters. The molecule has 19 heavy (non-hydrogen) atoms. The van der Waals surface area contributed by atoms with Crippen molar-refractivity contribution in [1.82, 2.24) is 5.32 Å². The molecule has 2 rings (SSSR count). The summed E-state index contributed by atoms with van der Waals surface area (Å²) in [6.45, 7) is 2.51. The molecule has 1 amide bonds. The number of aliphatic hydroxyl groups excluding tert-OH is 1. The third kappa shape index (κ3) is 3.45. The average Bonchev–Trinajstić information content (AvgIpc) is 2.88. The Morgan fingerprint density at radius 1 is 1.32 bits per heavy atom. The van der Waals surface area contributed by atoms with Crippen LogP contribution >= 0.6 is 0 Å². The third-order valence-corrected chi connectivity index (χ3v) is 2.75. The molecule has 1 heterocycles. The molecule has 1 aromatic heterocycles. The van der Waals surface area contributed by atoms with Crippen LogP contribution in [0.25, 0.3) is 11.3 Å². The van der Waals surface area contributed by atoms with Gasteiger partial charge >= 0.3 is 0 Å². The van der Waals surface area contributed by atoms with Gasteiger partial charge in [-0.1, -0.05) is 23.8 Å². The molecule has 0 bridgehead atoms. The van der Waals surface area contributed by atoms with Crippen LogP contribution in [0.1, 0.15) is 22.5 Å². The number of amides is 1. The SMILES string of the molecule is Cc1cccc(-c2ccc(C(=O)NCCCO)o2)c1. The monoisotopic (exact) mass is 259 g/mol. The van der Waals surface area contributed by atoms with Crippen molar-refractivity contribution in [2.75, 3.05) is 13.2 Å². The van der Waals surface area contributed by atoms with E-state index < -0.39 is 0 Å². The molecule has 0 radical (unpaired) electrons. The summed E-state index contributed by atoms with van der Waals surface area (Å²) in [5.41, 5.74) is 2.09. The first kappa shape index (κ1) is 13.4. The number of carbonyl (C=O) groups is 1. The molecule has 100 valence electrons. The number of aryl methyl sites for hydroxylation is 1. The van der Waals surface area contributed by atoms with Gasteiger partial charge in [-0.2, -0.15) is 0 Å². The van der Waals surface area contributed by atoms with Crippen molar-refractivity contribution in [3.8, 4) is 11.3 Å². The molecule has 0 aliphatic heterocycles. The van der Waals surface area contributed by atoms with Crippen molar-refractivity contribution >= 4 is 5.91 Å². The van der Waals surface area contributed by atoms with Gasteiger partial charge in [-0.15, -0.1) is 0 Å². The van der Waals surface area contributed by atoms with Crippen LogP contribution < -0.4 is 5.32 Å². The van der Waals surface area contributed by atoms with Gasteiger partial charge in [0.05, 0.1) is 0 Å². The van der Waals surface area contributed by atoms with Crippen molar-refractivity contribution in [1.29, 1.82) is 0 Å². The largest absolute Gasteiger partial charge is 0.451 e. The third-order valence-electron chi connectivity index (χ3n) is 2.75. The Kier molecular flexibility index (Phi) is 4.36. The van der Waals surface area contributed by atoms with Crippen LogP contribution in [0.4, 0.5) is 0 Å². The standard InChI is InChI=1S/C15H17NO3/c1-11-4-2-5-12(10-11)13-6-7-14(19-13)15(18)16-8-3-9-17/h2,4-7,10,17H,3,8-9H2,1H3,(H,16,18). The van der Waals surface area contributed by atoms with Crippen molar-refractivity contribution in [2.24, 2.45) is 0 Å². The van der Waals surface area contributed by atoms with Crippen LogP contribution in [0.15, 0.2) is 40.8 Å². The van der Waals surface area contributed by atoms with Crippen LogP contribution in [0, 0.1) is 6.92 Å². The topological polar surface area (TPSA) is 62.5 Å². The normalized spacial score (nSPS) is 10.4. The number of aliphatic hydroxyl groups is 1. The molecule has 4 nitrogen and oxygen atoms in total. The second-order valence-corrected chi connectivity index (χ2v) is 4.37. The lowest BCUT2D eigenvalue weighted by Crippen LogP contribution is -2.24. The number of hydrogen-bond donors (Lipinski definition) is 2. The predicted octanol–water partition coefficient (Wildman–Crippen LogP) is 2.37. The molecular weight excluding hydrogens is 242 g/mol. The van der Waals surface area contributed by atoms with Crippen LogP contribution in [-0.4, -0.2) is 24.2 Å². The smallest absolute Gasteiger partial charge is 0.287 e. The van der Waals surface area contributed by atoms with Crippen LogP contribution in [0.2, 0.25) is 0 Å². The summed E-state index contributed by atoms with van der Waals surface area (Å²) in [6.07, 6.45) is 0.539. The minimum atomic E-state index is -0.257. The average molecular weight is 259 g/mol. The zero-order valence-corrected chi connectivity index (χ0v) is 10.8. The van der Waals surface area contributed by atoms with Gasteiger partial charge < -0.3 is 14.8 Å². The van der Waals surface area contributed by atoms with E-state index in [4.69, 9.17) is 9.52 Å². The van der Waals surface area contributed by atoms with E-state index in [2.05, 4.69) is 5.32 Å². The fourth-order valence-corrected chi connectivity index (χ4v) is 1.78. The van der Waals surface area contributed by atoms with Crippen molar-refractivity contribution < 1.29 is 14.3 Å². The number of benzene rings is 1. The molecular formula is C15H17NO3. The second kappa shape index (κ2) is 6.20. The highest BCUT2D eigenvalue weighted by atomic mass is 16.3. The number of hydrogen-bond acceptors (Lipinski definition) is 3. The Morgan fingerprint density at radius 2 is 2.16 bits per heavy atom. The fourth-order valence-electron chi connectivity index (χ4n) is 1.78. The van der Waals surface area contributed by atoms with E-state index in [9.17, 15) is 4.79 Å². The predicted molar refractivity (Wildman–Crippen MR) is 72.9 cm³/mol. The van der Waals surface area contributed by atoms with E-state index in [1.807, 2.05) is 31.2 Å². The maximum Gasteiger partial charge on any atom is 0.287 e. The molecule has 4 heteroatoms. The van der Waals surface area contributed by atoms with E-state index in [-0.39, 0.29) is 18.3 Å². The Hall–Kier alpha value is -2.07. The molecule has 0 atom stereocenters. The molecule has 2 N–H and O–H groups in total. The summed E-state index contributed by atoms with van der Waals surface area (Å²) in [4.78, 5) is 11.7. The highest BCUT2D eigenvalue weighted by Crippen LogP contribution is 2.22. The van der Waals surface area contributed by atoms with Crippen LogP contribution in [-0.2, 0) is 0 Å².